The molecule has 1 amide bonds. The molecule has 5 heteroatoms. The fourth-order valence-electron chi connectivity index (χ4n) is 2.41. The Bertz CT molecular complexity index is 666. The Labute approximate surface area is 135 Å². The number of nitro benzene ring substituents is 1. The van der Waals surface area contributed by atoms with E-state index in [4.69, 9.17) is 0 Å². The number of nitrogens with one attached hydrogen (secondary N) is 1. The zero-order valence-corrected chi connectivity index (χ0v) is 13.2. The molecule has 0 saturated heterocycles. The average Bonchev–Trinajstić information content (AvgIpc) is 2.54. The SMILES string of the molecule is CC(C)C[C@@H](NC(=O)c1ccc([N+](=O)[O-])cc1)c1ccccc1. The van der Waals surface area contributed by atoms with E-state index in [-0.39, 0.29) is 17.6 Å². The van der Waals surface area contributed by atoms with E-state index < -0.39 is 4.92 Å². The van der Waals surface area contributed by atoms with Gasteiger partial charge in [0, 0.05) is 17.7 Å². The summed E-state index contributed by atoms with van der Waals surface area (Å²) >= 11 is 0. The highest BCUT2D eigenvalue weighted by Crippen LogP contribution is 2.22. The molecule has 120 valence electrons. The highest BCUT2D eigenvalue weighted by Gasteiger charge is 2.17. The van der Waals surface area contributed by atoms with Gasteiger partial charge in [-0.3, -0.25) is 14.9 Å². The predicted molar refractivity (Wildman–Crippen MR) is 89.2 cm³/mol. The minimum atomic E-state index is -0.479. The lowest BCUT2D eigenvalue weighted by Gasteiger charge is -2.21. The molecule has 1 N–H and O–H groups in total. The second-order valence-electron chi connectivity index (χ2n) is 5.87. The summed E-state index contributed by atoms with van der Waals surface area (Å²) in [6, 6.07) is 15.4. The van der Waals surface area contributed by atoms with Crippen LogP contribution < -0.4 is 5.32 Å². The van der Waals surface area contributed by atoms with Crippen LogP contribution in [-0.2, 0) is 0 Å². The van der Waals surface area contributed by atoms with E-state index in [1.54, 1.807) is 0 Å². The van der Waals surface area contributed by atoms with Crippen LogP contribution in [0.5, 0.6) is 0 Å². The third-order valence-corrected chi connectivity index (χ3v) is 3.55. The normalized spacial score (nSPS) is 12.0. The van der Waals surface area contributed by atoms with Gasteiger partial charge in [0.1, 0.15) is 0 Å². The first-order valence-corrected chi connectivity index (χ1v) is 7.57. The van der Waals surface area contributed by atoms with E-state index >= 15 is 0 Å². The van der Waals surface area contributed by atoms with Gasteiger partial charge < -0.3 is 5.32 Å². The van der Waals surface area contributed by atoms with Gasteiger partial charge in [0.15, 0.2) is 0 Å². The fourth-order valence-corrected chi connectivity index (χ4v) is 2.41. The smallest absolute Gasteiger partial charge is 0.269 e. The molecule has 0 fully saturated rings. The summed E-state index contributed by atoms with van der Waals surface area (Å²) in [7, 11) is 0. The lowest BCUT2D eigenvalue weighted by atomic mass is 9.96. The molecule has 5 nitrogen and oxygen atoms in total. The van der Waals surface area contributed by atoms with E-state index in [2.05, 4.69) is 19.2 Å². The Hall–Kier alpha value is -2.69. The molecular formula is C18H20N2O3. The van der Waals surface area contributed by atoms with Crippen molar-refractivity contribution in [2.75, 3.05) is 0 Å². The van der Waals surface area contributed by atoms with E-state index in [9.17, 15) is 14.9 Å². The number of rotatable bonds is 6. The first kappa shape index (κ1) is 16.7. The monoisotopic (exact) mass is 312 g/mol. The van der Waals surface area contributed by atoms with Gasteiger partial charge in [0.2, 0.25) is 0 Å². The van der Waals surface area contributed by atoms with Crippen molar-refractivity contribution in [2.45, 2.75) is 26.3 Å². The molecule has 0 aromatic heterocycles. The molecule has 2 aromatic rings. The number of non-ortho nitro benzene ring substituents is 1. The maximum Gasteiger partial charge on any atom is 0.269 e. The molecular weight excluding hydrogens is 292 g/mol. The molecule has 0 aliphatic rings. The minimum absolute atomic E-state index is 0.0247. The van der Waals surface area contributed by atoms with Crippen molar-refractivity contribution < 1.29 is 9.72 Å². The topological polar surface area (TPSA) is 72.2 Å². The van der Waals surface area contributed by atoms with Gasteiger partial charge in [0.25, 0.3) is 11.6 Å². The third kappa shape index (κ3) is 4.64. The molecule has 0 unspecified atom stereocenters. The highest BCUT2D eigenvalue weighted by atomic mass is 16.6. The molecule has 2 rings (SSSR count). The molecule has 0 bridgehead atoms. The lowest BCUT2D eigenvalue weighted by Crippen LogP contribution is -2.29. The van der Waals surface area contributed by atoms with Crippen molar-refractivity contribution in [3.8, 4) is 0 Å². The van der Waals surface area contributed by atoms with Gasteiger partial charge in [-0.15, -0.1) is 0 Å². The van der Waals surface area contributed by atoms with Crippen LogP contribution in [-0.4, -0.2) is 10.8 Å². The van der Waals surface area contributed by atoms with Gasteiger partial charge in [0.05, 0.1) is 11.0 Å². The van der Waals surface area contributed by atoms with Crippen molar-refractivity contribution in [2.24, 2.45) is 5.92 Å². The number of nitro groups is 1. The first-order valence-electron chi connectivity index (χ1n) is 7.57. The number of carbonyl (C=O) groups excluding carboxylic acids is 1. The Balaban J connectivity index is 2.15. The van der Waals surface area contributed by atoms with Crippen LogP contribution in [0.4, 0.5) is 5.69 Å². The van der Waals surface area contributed by atoms with Gasteiger partial charge in [-0.05, 0) is 30.0 Å². The van der Waals surface area contributed by atoms with E-state index in [0.717, 1.165) is 12.0 Å². The molecule has 2 aromatic carbocycles. The molecule has 23 heavy (non-hydrogen) atoms. The summed E-state index contributed by atoms with van der Waals surface area (Å²) in [5, 5.41) is 13.7. The van der Waals surface area contributed by atoms with Crippen molar-refractivity contribution in [3.63, 3.8) is 0 Å². The van der Waals surface area contributed by atoms with E-state index in [1.807, 2.05) is 30.3 Å². The average molecular weight is 312 g/mol. The summed E-state index contributed by atoms with van der Waals surface area (Å²) in [6.45, 7) is 4.21. The van der Waals surface area contributed by atoms with E-state index in [1.165, 1.54) is 24.3 Å². The predicted octanol–water partition coefficient (Wildman–Crippen LogP) is 4.11. The summed E-state index contributed by atoms with van der Waals surface area (Å²) in [5.74, 6) is 0.201. The maximum absolute atomic E-state index is 12.4. The van der Waals surface area contributed by atoms with Gasteiger partial charge >= 0.3 is 0 Å². The maximum atomic E-state index is 12.4. The third-order valence-electron chi connectivity index (χ3n) is 3.55. The number of nitrogens with zero attached hydrogens (tertiary/aromatic N) is 1. The second kappa shape index (κ2) is 7.54. The van der Waals surface area contributed by atoms with Crippen LogP contribution in [0.25, 0.3) is 0 Å². The summed E-state index contributed by atoms with van der Waals surface area (Å²) < 4.78 is 0. The summed E-state index contributed by atoms with van der Waals surface area (Å²) in [4.78, 5) is 22.6. The molecule has 0 aliphatic heterocycles. The molecule has 0 aliphatic carbocycles. The van der Waals surface area contributed by atoms with Crippen LogP contribution in [0.15, 0.2) is 54.6 Å². The van der Waals surface area contributed by atoms with Crippen LogP contribution in [0, 0.1) is 16.0 Å². The molecule has 0 saturated carbocycles. The quantitative estimate of drug-likeness (QED) is 0.644. The highest BCUT2D eigenvalue weighted by molar-refractivity contribution is 5.94. The van der Waals surface area contributed by atoms with Crippen molar-refractivity contribution >= 4 is 11.6 Å². The van der Waals surface area contributed by atoms with Gasteiger partial charge in [-0.2, -0.15) is 0 Å². The standard InChI is InChI=1S/C18H20N2O3/c1-13(2)12-17(14-6-4-3-5-7-14)19-18(21)15-8-10-16(11-9-15)20(22)23/h3-11,13,17H,12H2,1-2H3,(H,19,21)/t17-/m1/s1. The Morgan fingerprint density at radius 3 is 2.22 bits per heavy atom. The van der Waals surface area contributed by atoms with Crippen molar-refractivity contribution in [3.05, 3.63) is 75.8 Å². The first-order chi connectivity index (χ1) is 11.0. The van der Waals surface area contributed by atoms with Crippen LogP contribution >= 0.6 is 0 Å². The second-order valence-corrected chi connectivity index (χ2v) is 5.87. The number of benzene rings is 2. The van der Waals surface area contributed by atoms with Crippen LogP contribution in [0.1, 0.15) is 42.2 Å². The molecule has 0 spiro atoms. The largest absolute Gasteiger partial charge is 0.345 e. The Morgan fingerprint density at radius 2 is 1.70 bits per heavy atom. The van der Waals surface area contributed by atoms with Crippen LogP contribution in [0.2, 0.25) is 0 Å². The van der Waals surface area contributed by atoms with Gasteiger partial charge in [-0.1, -0.05) is 44.2 Å². The Morgan fingerprint density at radius 1 is 1.09 bits per heavy atom. The van der Waals surface area contributed by atoms with Crippen molar-refractivity contribution in [1.82, 2.24) is 5.32 Å². The molecule has 0 radical (unpaired) electrons. The number of hydrogen-bond donors (Lipinski definition) is 1. The van der Waals surface area contributed by atoms with Crippen molar-refractivity contribution in [1.29, 1.82) is 0 Å². The zero-order valence-electron chi connectivity index (χ0n) is 13.2. The fraction of sp³-hybridized carbons (Fsp3) is 0.278. The number of amides is 1. The van der Waals surface area contributed by atoms with Crippen LogP contribution in [0.3, 0.4) is 0 Å². The molecule has 0 heterocycles. The minimum Gasteiger partial charge on any atom is -0.345 e. The number of hydrogen-bond acceptors (Lipinski definition) is 3. The zero-order chi connectivity index (χ0) is 16.8. The number of carbonyl (C=O) groups is 1. The summed E-state index contributed by atoms with van der Waals surface area (Å²) in [6.07, 6.45) is 0.822. The summed E-state index contributed by atoms with van der Waals surface area (Å²) in [5.41, 5.74) is 1.44. The van der Waals surface area contributed by atoms with Gasteiger partial charge in [-0.25, -0.2) is 0 Å². The Kier molecular flexibility index (Phi) is 5.46. The lowest BCUT2D eigenvalue weighted by molar-refractivity contribution is -0.384. The molecule has 1 atom stereocenters. The van der Waals surface area contributed by atoms with E-state index in [0.29, 0.717) is 11.5 Å².